The Hall–Kier alpha value is -2.42. The lowest BCUT2D eigenvalue weighted by atomic mass is 9.86. The van der Waals surface area contributed by atoms with Gasteiger partial charge in [-0.15, -0.1) is 0 Å². The summed E-state index contributed by atoms with van der Waals surface area (Å²) in [6.45, 7) is 0. The van der Waals surface area contributed by atoms with Gasteiger partial charge in [-0.05, 0) is 11.1 Å². The van der Waals surface area contributed by atoms with Crippen molar-refractivity contribution in [1.82, 2.24) is 0 Å². The summed E-state index contributed by atoms with van der Waals surface area (Å²) in [5, 5.41) is 0. The first-order valence-corrected chi connectivity index (χ1v) is 6.42. The van der Waals surface area contributed by atoms with Gasteiger partial charge in [0.05, 0.1) is 13.0 Å². The largest absolute Gasteiger partial charge is 0.469 e. The van der Waals surface area contributed by atoms with Crippen LogP contribution in [0.1, 0.15) is 23.5 Å². The summed E-state index contributed by atoms with van der Waals surface area (Å²) in [5.74, 6) is -1.10. The fourth-order valence-electron chi connectivity index (χ4n) is 2.17. The van der Waals surface area contributed by atoms with Crippen LogP contribution in [0.15, 0.2) is 60.7 Å². The molecule has 0 saturated heterocycles. The summed E-state index contributed by atoms with van der Waals surface area (Å²) in [7, 11) is 1.29. The molecule has 0 saturated carbocycles. The highest BCUT2D eigenvalue weighted by Crippen LogP contribution is 2.26. The SMILES string of the molecule is COC(=O)CC(=O)C(c1ccccc1)c1ccccc1. The number of esters is 1. The molecule has 102 valence electrons. The van der Waals surface area contributed by atoms with Gasteiger partial charge in [-0.25, -0.2) is 0 Å². The van der Waals surface area contributed by atoms with Crippen LogP contribution >= 0.6 is 0 Å². The molecule has 0 amide bonds. The molecule has 2 aromatic rings. The number of carbonyl (C=O) groups is 2. The van der Waals surface area contributed by atoms with Crippen molar-refractivity contribution >= 4 is 11.8 Å². The van der Waals surface area contributed by atoms with Gasteiger partial charge in [0, 0.05) is 0 Å². The molecule has 20 heavy (non-hydrogen) atoms. The second kappa shape index (κ2) is 6.66. The van der Waals surface area contributed by atoms with Gasteiger partial charge >= 0.3 is 5.97 Å². The van der Waals surface area contributed by atoms with Gasteiger partial charge in [-0.2, -0.15) is 0 Å². The third-order valence-corrected chi connectivity index (χ3v) is 3.13. The number of methoxy groups -OCH3 is 1. The van der Waals surface area contributed by atoms with Crippen LogP contribution in [0.5, 0.6) is 0 Å². The first kappa shape index (κ1) is 14.0. The summed E-state index contributed by atoms with van der Waals surface area (Å²) in [5.41, 5.74) is 1.76. The van der Waals surface area contributed by atoms with Crippen LogP contribution in [0.2, 0.25) is 0 Å². The molecule has 0 heterocycles. The minimum Gasteiger partial charge on any atom is -0.469 e. The third-order valence-electron chi connectivity index (χ3n) is 3.13. The van der Waals surface area contributed by atoms with E-state index in [1.165, 1.54) is 7.11 Å². The summed E-state index contributed by atoms with van der Waals surface area (Å²) in [4.78, 5) is 23.8. The average molecular weight is 268 g/mol. The maximum Gasteiger partial charge on any atom is 0.313 e. The monoisotopic (exact) mass is 268 g/mol. The third kappa shape index (κ3) is 3.32. The Kier molecular flexibility index (Phi) is 4.66. The standard InChI is InChI=1S/C17H16O3/c1-20-16(19)12-15(18)17(13-8-4-2-5-9-13)14-10-6-3-7-11-14/h2-11,17H,12H2,1H3. The van der Waals surface area contributed by atoms with Crippen molar-refractivity contribution in [2.45, 2.75) is 12.3 Å². The molecule has 0 bridgehead atoms. The Bertz CT molecular complexity index is 536. The van der Waals surface area contributed by atoms with E-state index in [0.29, 0.717) is 0 Å². The molecule has 0 spiro atoms. The summed E-state index contributed by atoms with van der Waals surface area (Å²) < 4.78 is 4.58. The number of benzene rings is 2. The van der Waals surface area contributed by atoms with Crippen molar-refractivity contribution in [1.29, 1.82) is 0 Å². The fourth-order valence-corrected chi connectivity index (χ4v) is 2.17. The van der Waals surface area contributed by atoms with Crippen LogP contribution < -0.4 is 0 Å². The highest BCUT2D eigenvalue weighted by Gasteiger charge is 2.24. The predicted octanol–water partition coefficient (Wildman–Crippen LogP) is 2.95. The highest BCUT2D eigenvalue weighted by molar-refractivity contribution is 6.00. The summed E-state index contributed by atoms with van der Waals surface area (Å²) >= 11 is 0. The van der Waals surface area contributed by atoms with Gasteiger partial charge in [0.25, 0.3) is 0 Å². The summed E-state index contributed by atoms with van der Waals surface area (Å²) in [6, 6.07) is 18.9. The van der Waals surface area contributed by atoms with Gasteiger partial charge in [0.1, 0.15) is 6.42 Å². The van der Waals surface area contributed by atoms with Crippen molar-refractivity contribution in [3.05, 3.63) is 71.8 Å². The van der Waals surface area contributed by atoms with Crippen molar-refractivity contribution in [2.24, 2.45) is 0 Å². The van der Waals surface area contributed by atoms with E-state index in [-0.39, 0.29) is 12.2 Å². The number of rotatable bonds is 5. The zero-order valence-corrected chi connectivity index (χ0v) is 11.3. The number of hydrogen-bond donors (Lipinski definition) is 0. The molecule has 0 radical (unpaired) electrons. The van der Waals surface area contributed by atoms with Gasteiger partial charge < -0.3 is 4.74 Å². The Labute approximate surface area is 118 Å². The maximum atomic E-state index is 12.4. The number of carbonyl (C=O) groups excluding carboxylic acids is 2. The number of ketones is 1. The predicted molar refractivity (Wildman–Crippen MR) is 76.4 cm³/mol. The molecule has 0 N–H and O–H groups in total. The van der Waals surface area contributed by atoms with Gasteiger partial charge in [0.15, 0.2) is 5.78 Å². The molecule has 0 aliphatic carbocycles. The Morgan fingerprint density at radius 3 is 1.75 bits per heavy atom. The normalized spacial score (nSPS) is 10.3. The minimum atomic E-state index is -0.508. The first-order chi connectivity index (χ1) is 9.72. The van der Waals surface area contributed by atoms with E-state index in [2.05, 4.69) is 4.74 Å². The fraction of sp³-hybridized carbons (Fsp3) is 0.176. The van der Waals surface area contributed by atoms with Crippen molar-refractivity contribution in [3.8, 4) is 0 Å². The number of ether oxygens (including phenoxy) is 1. The molecule has 0 atom stereocenters. The molecule has 0 aromatic heterocycles. The quantitative estimate of drug-likeness (QED) is 0.618. The van der Waals surface area contributed by atoms with E-state index in [1.807, 2.05) is 60.7 Å². The molecule has 0 aliphatic heterocycles. The van der Waals surface area contributed by atoms with Crippen molar-refractivity contribution in [3.63, 3.8) is 0 Å². The van der Waals surface area contributed by atoms with Gasteiger partial charge in [-0.1, -0.05) is 60.7 Å². The molecular weight excluding hydrogens is 252 g/mol. The van der Waals surface area contributed by atoms with E-state index in [0.717, 1.165) is 11.1 Å². The zero-order valence-electron chi connectivity index (χ0n) is 11.3. The van der Waals surface area contributed by atoms with E-state index in [4.69, 9.17) is 0 Å². The van der Waals surface area contributed by atoms with Crippen molar-refractivity contribution < 1.29 is 14.3 Å². The van der Waals surface area contributed by atoms with Crippen LogP contribution in [-0.4, -0.2) is 18.9 Å². The van der Waals surface area contributed by atoms with Crippen LogP contribution in [0, 0.1) is 0 Å². The number of Topliss-reactive ketones (excluding diaryl/α,β-unsaturated/α-hetero) is 1. The minimum absolute atomic E-state index is 0.158. The molecule has 2 aromatic carbocycles. The molecule has 3 nitrogen and oxygen atoms in total. The molecule has 0 aliphatic rings. The van der Waals surface area contributed by atoms with Crippen molar-refractivity contribution in [2.75, 3.05) is 7.11 Å². The topological polar surface area (TPSA) is 43.4 Å². The Morgan fingerprint density at radius 1 is 0.900 bits per heavy atom. The van der Waals surface area contributed by atoms with Gasteiger partial charge in [0.2, 0.25) is 0 Å². The first-order valence-electron chi connectivity index (χ1n) is 6.42. The maximum absolute atomic E-state index is 12.4. The molecule has 3 heteroatoms. The lowest BCUT2D eigenvalue weighted by molar-refractivity contribution is -0.143. The zero-order chi connectivity index (χ0) is 14.4. The van der Waals surface area contributed by atoms with E-state index < -0.39 is 11.9 Å². The molecular formula is C17H16O3. The molecule has 0 fully saturated rings. The molecule has 2 rings (SSSR count). The average Bonchev–Trinajstić information content (AvgIpc) is 2.49. The smallest absolute Gasteiger partial charge is 0.313 e. The summed E-state index contributed by atoms with van der Waals surface area (Å²) in [6.07, 6.45) is -0.217. The second-order valence-corrected chi connectivity index (χ2v) is 4.47. The number of hydrogen-bond acceptors (Lipinski definition) is 3. The van der Waals surface area contributed by atoms with Crippen LogP contribution in [-0.2, 0) is 14.3 Å². The Morgan fingerprint density at radius 2 is 1.35 bits per heavy atom. The van der Waals surface area contributed by atoms with Crippen LogP contribution in [0.25, 0.3) is 0 Å². The lowest BCUT2D eigenvalue weighted by Crippen LogP contribution is -2.18. The lowest BCUT2D eigenvalue weighted by Gasteiger charge is -2.16. The highest BCUT2D eigenvalue weighted by atomic mass is 16.5. The van der Waals surface area contributed by atoms with E-state index in [1.54, 1.807) is 0 Å². The molecule has 0 unspecified atom stereocenters. The van der Waals surface area contributed by atoms with Gasteiger partial charge in [-0.3, -0.25) is 9.59 Å². The van der Waals surface area contributed by atoms with Crippen LogP contribution in [0.4, 0.5) is 0 Å². The Balaban J connectivity index is 2.35. The van der Waals surface area contributed by atoms with Crippen LogP contribution in [0.3, 0.4) is 0 Å². The van der Waals surface area contributed by atoms with E-state index >= 15 is 0 Å². The van der Waals surface area contributed by atoms with E-state index in [9.17, 15) is 9.59 Å². The second-order valence-electron chi connectivity index (χ2n) is 4.47.